The summed E-state index contributed by atoms with van der Waals surface area (Å²) in [4.78, 5) is 4.42. The molecule has 0 bridgehead atoms. The highest BCUT2D eigenvalue weighted by Crippen LogP contribution is 2.30. The lowest BCUT2D eigenvalue weighted by Crippen LogP contribution is -2.30. The third kappa shape index (κ3) is 2.96. The normalized spacial score (nSPS) is 13.9. The second kappa shape index (κ2) is 5.31. The average molecular weight is 260 g/mol. The van der Waals surface area contributed by atoms with Crippen LogP contribution in [0.2, 0.25) is 0 Å². The van der Waals surface area contributed by atoms with Gasteiger partial charge in [-0.25, -0.2) is 4.98 Å². The number of nitrogens with zero attached hydrogens (tertiary/aromatic N) is 2. The molecule has 104 valence electrons. The van der Waals surface area contributed by atoms with Crippen molar-refractivity contribution in [1.29, 1.82) is 0 Å². The number of aryl methyl sites for hydroxylation is 1. The molecular weight excluding hydrogens is 236 g/mol. The summed E-state index contributed by atoms with van der Waals surface area (Å²) < 4.78 is 2.04. The summed E-state index contributed by atoms with van der Waals surface area (Å²) in [6.45, 7) is 5.10. The van der Waals surface area contributed by atoms with E-state index >= 15 is 0 Å². The van der Waals surface area contributed by atoms with Crippen molar-refractivity contribution in [2.45, 2.75) is 26.3 Å². The second-order valence-corrected chi connectivity index (χ2v) is 6.02. The molecular formula is C15H24N4. The van der Waals surface area contributed by atoms with E-state index in [4.69, 9.17) is 5.73 Å². The molecule has 0 aliphatic rings. The third-order valence-corrected chi connectivity index (χ3v) is 3.81. The van der Waals surface area contributed by atoms with Crippen LogP contribution in [0, 0.1) is 5.41 Å². The largest absolute Gasteiger partial charge is 0.334 e. The molecule has 0 fully saturated rings. The van der Waals surface area contributed by atoms with Gasteiger partial charge in [0.05, 0.1) is 17.4 Å². The van der Waals surface area contributed by atoms with Crippen LogP contribution in [0.4, 0.5) is 0 Å². The van der Waals surface area contributed by atoms with Gasteiger partial charge in [0, 0.05) is 13.1 Å². The van der Waals surface area contributed by atoms with Crippen molar-refractivity contribution in [3.63, 3.8) is 0 Å². The van der Waals surface area contributed by atoms with Crippen LogP contribution in [0.3, 0.4) is 0 Å². The van der Waals surface area contributed by atoms with Crippen molar-refractivity contribution in [2.24, 2.45) is 18.2 Å². The monoisotopic (exact) mass is 260 g/mol. The molecule has 1 heterocycles. The molecule has 0 amide bonds. The number of hydrogen-bond donors (Lipinski definition) is 2. The molecule has 1 aromatic heterocycles. The van der Waals surface area contributed by atoms with Crippen molar-refractivity contribution >= 4 is 11.0 Å². The van der Waals surface area contributed by atoms with E-state index in [0.717, 1.165) is 17.5 Å². The van der Waals surface area contributed by atoms with E-state index in [1.807, 2.05) is 25.0 Å². The number of rotatable bonds is 5. The Morgan fingerprint density at radius 2 is 2.16 bits per heavy atom. The Morgan fingerprint density at radius 1 is 1.42 bits per heavy atom. The summed E-state index contributed by atoms with van der Waals surface area (Å²) in [7, 11) is 4.02. The fourth-order valence-corrected chi connectivity index (χ4v) is 2.39. The number of hydrogen-bond acceptors (Lipinski definition) is 3. The topological polar surface area (TPSA) is 55.9 Å². The fourth-order valence-electron chi connectivity index (χ4n) is 2.39. The van der Waals surface area contributed by atoms with E-state index in [2.05, 4.69) is 42.3 Å². The van der Waals surface area contributed by atoms with Gasteiger partial charge in [0.15, 0.2) is 0 Å². The lowest BCUT2D eigenvalue weighted by atomic mass is 9.83. The molecule has 0 aliphatic heterocycles. The van der Waals surface area contributed by atoms with Crippen molar-refractivity contribution in [2.75, 3.05) is 13.6 Å². The molecule has 19 heavy (non-hydrogen) atoms. The van der Waals surface area contributed by atoms with Crippen LogP contribution in [0.1, 0.15) is 31.9 Å². The zero-order chi connectivity index (χ0) is 14.0. The first-order valence-electron chi connectivity index (χ1n) is 6.75. The van der Waals surface area contributed by atoms with Gasteiger partial charge in [-0.15, -0.1) is 0 Å². The Bertz CT molecular complexity index is 556. The molecule has 0 radical (unpaired) electrons. The molecule has 0 saturated carbocycles. The molecule has 0 aliphatic carbocycles. The van der Waals surface area contributed by atoms with E-state index in [0.29, 0.717) is 12.6 Å². The van der Waals surface area contributed by atoms with Crippen LogP contribution in [-0.4, -0.2) is 23.1 Å². The fraction of sp³-hybridized carbons (Fsp3) is 0.533. The quantitative estimate of drug-likeness (QED) is 0.866. The van der Waals surface area contributed by atoms with Crippen LogP contribution < -0.4 is 11.1 Å². The number of nitrogens with one attached hydrogen (secondary N) is 1. The van der Waals surface area contributed by atoms with E-state index in [9.17, 15) is 0 Å². The van der Waals surface area contributed by atoms with Gasteiger partial charge >= 0.3 is 0 Å². The van der Waals surface area contributed by atoms with Gasteiger partial charge in [-0.05, 0) is 43.1 Å². The Hall–Kier alpha value is -1.39. The van der Waals surface area contributed by atoms with Crippen molar-refractivity contribution < 1.29 is 0 Å². The van der Waals surface area contributed by atoms with Crippen LogP contribution in [0.15, 0.2) is 24.5 Å². The van der Waals surface area contributed by atoms with Crippen molar-refractivity contribution in [3.05, 3.63) is 30.1 Å². The summed E-state index contributed by atoms with van der Waals surface area (Å²) >= 11 is 0. The molecule has 2 aromatic rings. The first-order chi connectivity index (χ1) is 8.96. The van der Waals surface area contributed by atoms with Crippen molar-refractivity contribution in [3.8, 4) is 0 Å². The minimum atomic E-state index is 0.132. The molecule has 1 aromatic carbocycles. The molecule has 1 atom stereocenters. The molecule has 1 unspecified atom stereocenters. The highest BCUT2D eigenvalue weighted by Gasteiger charge is 2.22. The smallest absolute Gasteiger partial charge is 0.0955 e. The number of nitrogens with two attached hydrogens (primary N) is 1. The van der Waals surface area contributed by atoms with Crippen molar-refractivity contribution in [1.82, 2.24) is 14.9 Å². The summed E-state index contributed by atoms with van der Waals surface area (Å²) in [5.74, 6) is 0. The minimum Gasteiger partial charge on any atom is -0.334 e. The standard InChI is InChI=1S/C15H24N4/c1-15(2,9-16)8-13(17-3)11-5-6-14-12(7-11)18-10-19(14)4/h5-7,10,13,17H,8-9,16H2,1-4H3. The Balaban J connectivity index is 2.30. The second-order valence-electron chi connectivity index (χ2n) is 6.02. The number of benzene rings is 1. The predicted octanol–water partition coefficient (Wildman–Crippen LogP) is 2.21. The lowest BCUT2D eigenvalue weighted by Gasteiger charge is -2.28. The zero-order valence-corrected chi connectivity index (χ0v) is 12.3. The SMILES string of the molecule is CNC(CC(C)(C)CN)c1ccc2c(c1)ncn2C. The highest BCUT2D eigenvalue weighted by molar-refractivity contribution is 5.76. The van der Waals surface area contributed by atoms with Crippen LogP contribution in [0.25, 0.3) is 11.0 Å². The Labute approximate surface area is 115 Å². The molecule has 4 nitrogen and oxygen atoms in total. The number of imidazole rings is 1. The van der Waals surface area contributed by atoms with Gasteiger partial charge in [0.2, 0.25) is 0 Å². The molecule has 3 N–H and O–H groups in total. The molecule has 2 rings (SSSR count). The van der Waals surface area contributed by atoms with E-state index in [-0.39, 0.29) is 5.41 Å². The van der Waals surface area contributed by atoms with E-state index in [1.54, 1.807) is 0 Å². The van der Waals surface area contributed by atoms with Gasteiger partial charge in [-0.1, -0.05) is 19.9 Å². The number of aromatic nitrogens is 2. The Morgan fingerprint density at radius 3 is 2.79 bits per heavy atom. The maximum absolute atomic E-state index is 5.84. The van der Waals surface area contributed by atoms with Crippen LogP contribution >= 0.6 is 0 Å². The zero-order valence-electron chi connectivity index (χ0n) is 12.3. The van der Waals surface area contributed by atoms with Gasteiger partial charge in [-0.2, -0.15) is 0 Å². The van der Waals surface area contributed by atoms with Gasteiger partial charge in [0.1, 0.15) is 0 Å². The maximum Gasteiger partial charge on any atom is 0.0955 e. The van der Waals surface area contributed by atoms with E-state index < -0.39 is 0 Å². The predicted molar refractivity (Wildman–Crippen MR) is 80.0 cm³/mol. The van der Waals surface area contributed by atoms with Crippen LogP contribution in [-0.2, 0) is 7.05 Å². The first kappa shape index (κ1) is 14.0. The average Bonchev–Trinajstić information content (AvgIpc) is 2.77. The van der Waals surface area contributed by atoms with E-state index in [1.165, 1.54) is 5.56 Å². The Kier molecular flexibility index (Phi) is 3.92. The molecule has 0 spiro atoms. The van der Waals surface area contributed by atoms with Crippen LogP contribution in [0.5, 0.6) is 0 Å². The minimum absolute atomic E-state index is 0.132. The molecule has 4 heteroatoms. The third-order valence-electron chi connectivity index (χ3n) is 3.81. The van der Waals surface area contributed by atoms with Gasteiger partial charge in [-0.3, -0.25) is 0 Å². The number of fused-ring (bicyclic) bond motifs is 1. The molecule has 0 saturated heterocycles. The summed E-state index contributed by atoms with van der Waals surface area (Å²) in [5, 5.41) is 3.39. The summed E-state index contributed by atoms with van der Waals surface area (Å²) in [6, 6.07) is 6.79. The summed E-state index contributed by atoms with van der Waals surface area (Å²) in [5.41, 5.74) is 9.45. The lowest BCUT2D eigenvalue weighted by molar-refractivity contribution is 0.299. The summed E-state index contributed by atoms with van der Waals surface area (Å²) in [6.07, 6.45) is 2.87. The maximum atomic E-state index is 5.84. The first-order valence-corrected chi connectivity index (χ1v) is 6.75. The highest BCUT2D eigenvalue weighted by atomic mass is 15.0. The van der Waals surface area contributed by atoms with Gasteiger partial charge < -0.3 is 15.6 Å². The van der Waals surface area contributed by atoms with Gasteiger partial charge in [0.25, 0.3) is 0 Å².